The fourth-order valence-corrected chi connectivity index (χ4v) is 5.20. The van der Waals surface area contributed by atoms with Crippen molar-refractivity contribution >= 4 is 40.0 Å². The largest absolute Gasteiger partial charge is 1.00 e. The molecule has 3 N–H and O–H groups in total. The molecule has 0 aliphatic carbocycles. The summed E-state index contributed by atoms with van der Waals surface area (Å²) in [4.78, 5) is 53.9. The molecule has 4 amide bonds. The van der Waals surface area contributed by atoms with Crippen LogP contribution in [0.15, 0.2) is 24.3 Å². The summed E-state index contributed by atoms with van der Waals surface area (Å²) in [6, 6.07) is 6.83. The van der Waals surface area contributed by atoms with Gasteiger partial charge >= 0.3 is 0 Å². The number of fused-ring (bicyclic) bond motifs is 2. The molecule has 0 fully saturated rings. The Morgan fingerprint density at radius 1 is 1.16 bits per heavy atom. The summed E-state index contributed by atoms with van der Waals surface area (Å²) in [5.74, 6) is -2.15. The van der Waals surface area contributed by atoms with Crippen molar-refractivity contribution in [2.24, 2.45) is 5.73 Å². The zero-order chi connectivity index (χ0) is 21.6. The highest BCUT2D eigenvalue weighted by Gasteiger charge is 2.36. The van der Waals surface area contributed by atoms with Crippen LogP contribution in [0.2, 0.25) is 0 Å². The van der Waals surface area contributed by atoms with Gasteiger partial charge in [0.1, 0.15) is 11.5 Å². The van der Waals surface area contributed by atoms with Gasteiger partial charge in [-0.05, 0) is 38.0 Å². The zero-order valence-corrected chi connectivity index (χ0v) is 18.7. The second-order valence-electron chi connectivity index (χ2n) is 7.68. The van der Waals surface area contributed by atoms with Crippen LogP contribution in [0.5, 0.6) is 0 Å². The molecular weight excluding hydrogens is 440 g/mol. The van der Waals surface area contributed by atoms with Crippen LogP contribution in [0, 0.1) is 0 Å². The van der Waals surface area contributed by atoms with Gasteiger partial charge in [-0.15, -0.1) is 11.3 Å². The van der Waals surface area contributed by atoms with Crippen molar-refractivity contribution in [3.63, 3.8) is 0 Å². The maximum Gasteiger partial charge on any atom is 0.262 e. The van der Waals surface area contributed by atoms with Gasteiger partial charge in [0.2, 0.25) is 5.91 Å². The molecule has 4 rings (SSSR count). The van der Waals surface area contributed by atoms with E-state index in [-0.39, 0.29) is 23.5 Å². The van der Waals surface area contributed by atoms with Crippen LogP contribution >= 0.6 is 11.3 Å². The maximum atomic E-state index is 12.7. The summed E-state index contributed by atoms with van der Waals surface area (Å²) < 4.78 is 0. The minimum absolute atomic E-state index is 0. The number of amides is 4. The monoisotopic (exact) mass is 461 g/mol. The van der Waals surface area contributed by atoms with Crippen molar-refractivity contribution in [2.75, 3.05) is 18.4 Å². The fourth-order valence-electron chi connectivity index (χ4n) is 3.91. The first-order valence-electron chi connectivity index (χ1n) is 9.71. The van der Waals surface area contributed by atoms with E-state index in [1.54, 1.807) is 24.3 Å². The molecule has 2 aliphatic heterocycles. The van der Waals surface area contributed by atoms with Crippen LogP contribution in [0.1, 0.15) is 55.4 Å². The van der Waals surface area contributed by atoms with E-state index in [1.165, 1.54) is 11.3 Å². The molecule has 3 heterocycles. The SMILES string of the molecule is CC(C)N1CCc2c(sc(NC(=O)CN3C(=O)c4ccccc4C3=O)c2C(N)=O)C1.[Cl-]. The number of hydrogen-bond donors (Lipinski definition) is 2. The van der Waals surface area contributed by atoms with Crippen molar-refractivity contribution in [3.8, 4) is 0 Å². The molecule has 0 spiro atoms. The number of imide groups is 1. The molecule has 2 aromatic rings. The van der Waals surface area contributed by atoms with Gasteiger partial charge in [0.15, 0.2) is 0 Å². The summed E-state index contributed by atoms with van der Waals surface area (Å²) in [5.41, 5.74) is 7.38. The molecule has 0 atom stereocenters. The van der Waals surface area contributed by atoms with E-state index in [9.17, 15) is 19.2 Å². The molecule has 0 bridgehead atoms. The maximum absolute atomic E-state index is 12.7. The fraction of sp³-hybridized carbons (Fsp3) is 0.333. The highest BCUT2D eigenvalue weighted by molar-refractivity contribution is 7.17. The lowest BCUT2D eigenvalue weighted by Crippen LogP contribution is -3.00. The van der Waals surface area contributed by atoms with Gasteiger partial charge in [0.05, 0.1) is 16.7 Å². The smallest absolute Gasteiger partial charge is 0.262 e. The third kappa shape index (κ3) is 4.08. The number of nitrogens with two attached hydrogens (primary N) is 1. The molecule has 10 heteroatoms. The number of nitrogens with zero attached hydrogens (tertiary/aromatic N) is 2. The molecule has 2 aliphatic rings. The van der Waals surface area contributed by atoms with Gasteiger partial charge in [0, 0.05) is 24.0 Å². The van der Waals surface area contributed by atoms with Crippen LogP contribution in [0.3, 0.4) is 0 Å². The van der Waals surface area contributed by atoms with Gasteiger partial charge < -0.3 is 23.5 Å². The first-order chi connectivity index (χ1) is 14.3. The number of hydrogen-bond acceptors (Lipinski definition) is 6. The molecule has 0 radical (unpaired) electrons. The van der Waals surface area contributed by atoms with E-state index in [1.807, 2.05) is 0 Å². The Morgan fingerprint density at radius 3 is 2.32 bits per heavy atom. The summed E-state index contributed by atoms with van der Waals surface area (Å²) in [7, 11) is 0. The number of halogens is 1. The Kier molecular flexibility index (Phi) is 6.49. The molecule has 0 saturated heterocycles. The van der Waals surface area contributed by atoms with E-state index in [0.29, 0.717) is 29.6 Å². The van der Waals surface area contributed by atoms with Gasteiger partial charge in [-0.2, -0.15) is 0 Å². The number of anilines is 1. The predicted molar refractivity (Wildman–Crippen MR) is 113 cm³/mol. The van der Waals surface area contributed by atoms with Crippen molar-refractivity contribution in [2.45, 2.75) is 32.9 Å². The number of rotatable bonds is 5. The molecule has 1 aromatic carbocycles. The highest BCUT2D eigenvalue weighted by Crippen LogP contribution is 2.37. The number of carbonyl (C=O) groups is 4. The van der Waals surface area contributed by atoms with E-state index >= 15 is 0 Å². The molecule has 1 aromatic heterocycles. The number of primary amides is 1. The summed E-state index contributed by atoms with van der Waals surface area (Å²) in [5, 5.41) is 3.08. The molecule has 31 heavy (non-hydrogen) atoms. The van der Waals surface area contributed by atoms with E-state index in [4.69, 9.17) is 5.73 Å². The summed E-state index contributed by atoms with van der Waals surface area (Å²) >= 11 is 1.32. The minimum atomic E-state index is -0.596. The van der Waals surface area contributed by atoms with Crippen molar-refractivity contribution in [3.05, 3.63) is 51.4 Å². The summed E-state index contributed by atoms with van der Waals surface area (Å²) in [6.07, 6.45) is 0.677. The highest BCUT2D eigenvalue weighted by atomic mass is 35.5. The molecule has 164 valence electrons. The molecule has 0 saturated carbocycles. The number of carbonyl (C=O) groups excluding carboxylic acids is 4. The van der Waals surface area contributed by atoms with Gasteiger partial charge in [-0.3, -0.25) is 29.0 Å². The van der Waals surface area contributed by atoms with Crippen LogP contribution in [-0.2, 0) is 17.8 Å². The minimum Gasteiger partial charge on any atom is -1.00 e. The Hall–Kier alpha value is -2.75. The molecular formula is C21H22ClN4O4S-. The number of benzene rings is 1. The van der Waals surface area contributed by atoms with Crippen molar-refractivity contribution < 1.29 is 31.6 Å². The second-order valence-corrected chi connectivity index (χ2v) is 8.78. The lowest BCUT2D eigenvalue weighted by atomic mass is 10.0. The van der Waals surface area contributed by atoms with Crippen LogP contribution < -0.4 is 23.5 Å². The van der Waals surface area contributed by atoms with E-state index in [0.717, 1.165) is 21.9 Å². The number of nitrogens with one attached hydrogen (secondary N) is 1. The van der Waals surface area contributed by atoms with E-state index in [2.05, 4.69) is 24.1 Å². The Balaban J connectivity index is 0.00000272. The predicted octanol–water partition coefficient (Wildman–Crippen LogP) is -1.15. The Labute approximate surface area is 189 Å². The molecule has 8 nitrogen and oxygen atoms in total. The van der Waals surface area contributed by atoms with Crippen LogP contribution in [-0.4, -0.2) is 52.6 Å². The lowest BCUT2D eigenvalue weighted by molar-refractivity contribution is -0.116. The average molecular weight is 462 g/mol. The Bertz CT molecular complexity index is 1050. The van der Waals surface area contributed by atoms with E-state index < -0.39 is 30.2 Å². The second kappa shape index (κ2) is 8.78. The van der Waals surface area contributed by atoms with Gasteiger partial charge in [-0.25, -0.2) is 0 Å². The van der Waals surface area contributed by atoms with Crippen LogP contribution in [0.25, 0.3) is 0 Å². The molecule has 0 unspecified atom stereocenters. The van der Waals surface area contributed by atoms with Crippen LogP contribution in [0.4, 0.5) is 5.00 Å². The third-order valence-electron chi connectivity index (χ3n) is 5.50. The first kappa shape index (κ1) is 22.9. The topological polar surface area (TPSA) is 113 Å². The quantitative estimate of drug-likeness (QED) is 0.546. The standard InChI is InChI=1S/C21H22N4O4S.ClH/c1-11(2)24-8-7-14-15(9-24)30-19(17(14)18(22)27)23-16(26)10-25-20(28)12-5-3-4-6-13(12)21(25)29;/h3-6,11H,7-10H2,1-2H3,(H2,22,27)(H,23,26);1H/p-1. The number of thiophene rings is 1. The Morgan fingerprint density at radius 2 is 1.77 bits per heavy atom. The zero-order valence-electron chi connectivity index (χ0n) is 17.1. The first-order valence-corrected chi connectivity index (χ1v) is 10.5. The van der Waals surface area contributed by atoms with Crippen molar-refractivity contribution in [1.82, 2.24) is 9.80 Å². The lowest BCUT2D eigenvalue weighted by Gasteiger charge is -2.30. The normalized spacial score (nSPS) is 15.5. The van der Waals surface area contributed by atoms with Gasteiger partial charge in [-0.1, -0.05) is 12.1 Å². The summed E-state index contributed by atoms with van der Waals surface area (Å²) in [6.45, 7) is 5.29. The average Bonchev–Trinajstić information content (AvgIpc) is 3.18. The van der Waals surface area contributed by atoms with Gasteiger partial charge in [0.25, 0.3) is 17.7 Å². The third-order valence-corrected chi connectivity index (χ3v) is 6.63. The van der Waals surface area contributed by atoms with Crippen molar-refractivity contribution in [1.29, 1.82) is 0 Å².